The van der Waals surface area contributed by atoms with Gasteiger partial charge in [0.05, 0.1) is 6.54 Å². The maximum absolute atomic E-state index is 6.19. The predicted octanol–water partition coefficient (Wildman–Crippen LogP) is 6.35. The largest absolute Gasteiger partial charge is 0.332 e. The molecule has 0 bridgehead atoms. The molecule has 0 radical (unpaired) electrons. The number of aromatic nitrogens is 2. The average molecular weight is 446 g/mol. The fourth-order valence-electron chi connectivity index (χ4n) is 2.25. The number of halogens is 4. The Morgan fingerprint density at radius 3 is 2.35 bits per heavy atom. The van der Waals surface area contributed by atoms with Crippen molar-refractivity contribution < 1.29 is 0 Å². The van der Waals surface area contributed by atoms with E-state index in [1.165, 1.54) is 0 Å². The molecule has 0 saturated carbocycles. The molecule has 0 fully saturated rings. The Morgan fingerprint density at radius 1 is 0.923 bits per heavy atom. The molecule has 1 aromatic heterocycles. The predicted molar refractivity (Wildman–Crippen MR) is 114 cm³/mol. The van der Waals surface area contributed by atoms with Crippen LogP contribution in [-0.4, -0.2) is 14.9 Å². The van der Waals surface area contributed by atoms with Crippen LogP contribution in [0.1, 0.15) is 5.56 Å². The zero-order chi connectivity index (χ0) is 18.7. The molecule has 134 valence electrons. The van der Waals surface area contributed by atoms with Crippen molar-refractivity contribution in [3.63, 3.8) is 0 Å². The highest BCUT2D eigenvalue weighted by atomic mass is 35.5. The van der Waals surface area contributed by atoms with Crippen LogP contribution in [-0.2, 0) is 6.54 Å². The quantitative estimate of drug-likeness (QED) is 0.458. The van der Waals surface area contributed by atoms with Crippen LogP contribution in [0, 0.1) is 0 Å². The van der Waals surface area contributed by atoms with Crippen molar-refractivity contribution >= 4 is 75.2 Å². The van der Waals surface area contributed by atoms with E-state index in [4.69, 9.17) is 58.6 Å². The van der Waals surface area contributed by atoms with Crippen LogP contribution >= 0.6 is 58.6 Å². The van der Waals surface area contributed by atoms with Crippen molar-refractivity contribution in [1.29, 1.82) is 0 Å². The maximum Gasteiger partial charge on any atom is 0.176 e. The lowest BCUT2D eigenvalue weighted by molar-refractivity contribution is 0.690. The maximum atomic E-state index is 6.19. The number of rotatable bonds is 4. The van der Waals surface area contributed by atoms with E-state index in [9.17, 15) is 0 Å². The summed E-state index contributed by atoms with van der Waals surface area (Å²) in [6.07, 6.45) is 1.83. The number of hydrogen-bond acceptors (Lipinski definition) is 2. The van der Waals surface area contributed by atoms with E-state index in [2.05, 4.69) is 15.7 Å². The molecule has 0 unspecified atom stereocenters. The Kier molecular flexibility index (Phi) is 6.27. The van der Waals surface area contributed by atoms with E-state index in [1.807, 2.05) is 18.3 Å². The molecule has 1 heterocycles. The van der Waals surface area contributed by atoms with E-state index in [0.29, 0.717) is 43.3 Å². The lowest BCUT2D eigenvalue weighted by Gasteiger charge is -2.09. The first kappa shape index (κ1) is 19.3. The Bertz CT molecular complexity index is 937. The number of hydrogen-bond donors (Lipinski definition) is 2. The van der Waals surface area contributed by atoms with Gasteiger partial charge in [-0.25, -0.2) is 0 Å². The molecule has 0 amide bonds. The zero-order valence-corrected chi connectivity index (χ0v) is 17.0. The molecule has 2 aromatic carbocycles. The van der Waals surface area contributed by atoms with Gasteiger partial charge in [0.1, 0.15) is 0 Å². The fourth-order valence-corrected chi connectivity index (χ4v) is 3.46. The summed E-state index contributed by atoms with van der Waals surface area (Å²) in [7, 11) is 0. The molecular formula is C17H12Cl4N4S. The molecule has 4 nitrogen and oxygen atoms in total. The van der Waals surface area contributed by atoms with Gasteiger partial charge in [-0.05, 0) is 48.1 Å². The summed E-state index contributed by atoms with van der Waals surface area (Å²) >= 11 is 29.3. The summed E-state index contributed by atoms with van der Waals surface area (Å²) in [5.41, 5.74) is 1.60. The Balaban J connectivity index is 1.63. The molecule has 0 saturated heterocycles. The van der Waals surface area contributed by atoms with Crippen LogP contribution in [0.15, 0.2) is 48.7 Å². The van der Waals surface area contributed by atoms with Gasteiger partial charge in [0, 0.05) is 38.0 Å². The minimum Gasteiger partial charge on any atom is -0.332 e. The normalized spacial score (nSPS) is 10.6. The number of nitrogens with one attached hydrogen (secondary N) is 2. The van der Waals surface area contributed by atoms with Gasteiger partial charge in [0.25, 0.3) is 0 Å². The number of benzene rings is 2. The van der Waals surface area contributed by atoms with Gasteiger partial charge in [-0.2, -0.15) is 5.10 Å². The van der Waals surface area contributed by atoms with E-state index in [1.54, 1.807) is 35.0 Å². The third kappa shape index (κ3) is 5.25. The highest BCUT2D eigenvalue weighted by Crippen LogP contribution is 2.23. The van der Waals surface area contributed by atoms with Crippen molar-refractivity contribution in [3.8, 4) is 0 Å². The highest BCUT2D eigenvalue weighted by molar-refractivity contribution is 7.80. The van der Waals surface area contributed by atoms with Gasteiger partial charge in [-0.1, -0.05) is 52.5 Å². The average Bonchev–Trinajstić information content (AvgIpc) is 2.96. The Morgan fingerprint density at radius 2 is 1.65 bits per heavy atom. The van der Waals surface area contributed by atoms with Crippen molar-refractivity contribution in [3.05, 3.63) is 74.3 Å². The van der Waals surface area contributed by atoms with E-state index < -0.39 is 0 Å². The molecule has 9 heteroatoms. The van der Waals surface area contributed by atoms with Crippen molar-refractivity contribution in [1.82, 2.24) is 9.78 Å². The van der Waals surface area contributed by atoms with Crippen LogP contribution in [0.3, 0.4) is 0 Å². The van der Waals surface area contributed by atoms with E-state index in [-0.39, 0.29) is 0 Å². The first-order valence-corrected chi connectivity index (χ1v) is 9.32. The number of anilines is 2. The molecule has 0 aliphatic rings. The second-order valence-corrected chi connectivity index (χ2v) is 7.50. The first-order chi connectivity index (χ1) is 12.4. The van der Waals surface area contributed by atoms with Crippen LogP contribution in [0.4, 0.5) is 11.5 Å². The molecule has 2 N–H and O–H groups in total. The molecule has 0 atom stereocenters. The molecule has 3 rings (SSSR count). The van der Waals surface area contributed by atoms with Gasteiger partial charge < -0.3 is 10.6 Å². The molecule has 0 spiro atoms. The van der Waals surface area contributed by atoms with Crippen LogP contribution < -0.4 is 10.6 Å². The minimum atomic E-state index is 0.373. The van der Waals surface area contributed by atoms with Crippen molar-refractivity contribution in [2.75, 3.05) is 10.6 Å². The summed E-state index contributed by atoms with van der Waals surface area (Å²) in [5.74, 6) is 0.598. The highest BCUT2D eigenvalue weighted by Gasteiger charge is 2.06. The van der Waals surface area contributed by atoms with Crippen molar-refractivity contribution in [2.24, 2.45) is 0 Å². The van der Waals surface area contributed by atoms with Crippen molar-refractivity contribution in [2.45, 2.75) is 6.54 Å². The Labute approximate surface area is 176 Å². The van der Waals surface area contributed by atoms with E-state index in [0.717, 1.165) is 5.56 Å². The minimum absolute atomic E-state index is 0.373. The second-order valence-electron chi connectivity index (χ2n) is 5.37. The standard InChI is InChI=1S/C17H12Cl4N4S/c18-11-2-1-10(15(21)8-11)9-25-4-3-16(24-25)23-17(26)22-14-6-12(19)5-13(20)7-14/h1-8H,9H2,(H2,22,23,24,26). The van der Waals surface area contributed by atoms with Gasteiger partial charge in [0.15, 0.2) is 10.9 Å². The summed E-state index contributed by atoms with van der Waals surface area (Å²) in [5, 5.41) is 13.0. The van der Waals surface area contributed by atoms with E-state index >= 15 is 0 Å². The van der Waals surface area contributed by atoms with Gasteiger partial charge in [0.2, 0.25) is 0 Å². The van der Waals surface area contributed by atoms with Gasteiger partial charge >= 0.3 is 0 Å². The number of nitrogens with zero attached hydrogens (tertiary/aromatic N) is 2. The van der Waals surface area contributed by atoms with Gasteiger partial charge in [-0.15, -0.1) is 0 Å². The summed E-state index contributed by atoms with van der Waals surface area (Å²) in [6, 6.07) is 12.3. The lowest BCUT2D eigenvalue weighted by atomic mass is 10.2. The molecule has 26 heavy (non-hydrogen) atoms. The Hall–Kier alpha value is -1.50. The summed E-state index contributed by atoms with van der Waals surface area (Å²) < 4.78 is 1.75. The van der Waals surface area contributed by atoms with Crippen LogP contribution in [0.5, 0.6) is 0 Å². The number of thiocarbonyl (C=S) groups is 1. The SMILES string of the molecule is S=C(Nc1cc(Cl)cc(Cl)c1)Nc1ccn(Cc2ccc(Cl)cc2Cl)n1. The summed E-state index contributed by atoms with van der Waals surface area (Å²) in [4.78, 5) is 0. The molecular weight excluding hydrogens is 434 g/mol. The van der Waals surface area contributed by atoms with Crippen LogP contribution in [0.2, 0.25) is 20.1 Å². The lowest BCUT2D eigenvalue weighted by Crippen LogP contribution is -2.19. The first-order valence-electron chi connectivity index (χ1n) is 7.40. The van der Waals surface area contributed by atoms with Crippen LogP contribution in [0.25, 0.3) is 0 Å². The molecule has 0 aliphatic carbocycles. The summed E-state index contributed by atoms with van der Waals surface area (Å²) in [6.45, 7) is 0.516. The monoisotopic (exact) mass is 444 g/mol. The molecule has 0 aliphatic heterocycles. The fraction of sp³-hybridized carbons (Fsp3) is 0.0588. The smallest absolute Gasteiger partial charge is 0.176 e. The zero-order valence-electron chi connectivity index (χ0n) is 13.1. The third-order valence-corrected chi connectivity index (χ3v) is 4.58. The second kappa shape index (κ2) is 8.46. The topological polar surface area (TPSA) is 41.9 Å². The molecule has 3 aromatic rings. The van der Waals surface area contributed by atoms with Gasteiger partial charge in [-0.3, -0.25) is 4.68 Å². The third-order valence-electron chi connectivity index (χ3n) is 3.35.